The fourth-order valence-electron chi connectivity index (χ4n) is 3.69. The molecular weight excluding hydrogens is 394 g/mol. The third kappa shape index (κ3) is 4.18. The molecule has 4 heterocycles. The summed E-state index contributed by atoms with van der Waals surface area (Å²) in [7, 11) is 0. The first-order chi connectivity index (χ1) is 15.3. The molecule has 0 atom stereocenters. The van der Waals surface area contributed by atoms with Crippen molar-refractivity contribution in [3.63, 3.8) is 0 Å². The van der Waals surface area contributed by atoms with Crippen molar-refractivity contribution in [3.8, 4) is 17.2 Å². The fourth-order valence-corrected chi connectivity index (χ4v) is 3.69. The minimum Gasteiger partial charge on any atom is -0.489 e. The Kier molecular flexibility index (Phi) is 5.18. The van der Waals surface area contributed by atoms with Gasteiger partial charge in [0.05, 0.1) is 24.3 Å². The van der Waals surface area contributed by atoms with Crippen molar-refractivity contribution in [1.29, 1.82) is 0 Å². The third-order valence-electron chi connectivity index (χ3n) is 5.28. The molecule has 0 aliphatic carbocycles. The largest absolute Gasteiger partial charge is 0.489 e. The number of amides is 1. The maximum Gasteiger partial charge on any atom is 0.415 e. The monoisotopic (exact) mass is 415 g/mol. The van der Waals surface area contributed by atoms with Crippen LogP contribution in [0.4, 0.5) is 4.79 Å². The molecule has 3 aromatic heterocycles. The number of likely N-dealkylation sites (tertiary alicyclic amines) is 1. The molecule has 1 amide bonds. The van der Waals surface area contributed by atoms with Crippen molar-refractivity contribution in [2.75, 3.05) is 13.1 Å². The van der Waals surface area contributed by atoms with Crippen molar-refractivity contribution in [3.05, 3.63) is 73.6 Å². The second-order valence-electron chi connectivity index (χ2n) is 7.35. The molecule has 1 aliphatic rings. The number of nitrogens with zero attached hydrogens (tertiary/aromatic N) is 5. The van der Waals surface area contributed by atoms with E-state index in [-0.39, 0.29) is 12.2 Å². The lowest BCUT2D eigenvalue weighted by molar-refractivity contribution is 0.0929. The van der Waals surface area contributed by atoms with Crippen LogP contribution in [0, 0.1) is 0 Å². The van der Waals surface area contributed by atoms with Crippen LogP contribution in [0.25, 0.3) is 16.7 Å². The fraction of sp³-hybridized carbons (Fsp3) is 0.217. The highest BCUT2D eigenvalue weighted by Gasteiger charge is 2.25. The topological polar surface area (TPSA) is 82.4 Å². The molecule has 31 heavy (non-hydrogen) atoms. The van der Waals surface area contributed by atoms with Gasteiger partial charge in [0.1, 0.15) is 29.6 Å². The quantitative estimate of drug-likeness (QED) is 0.503. The summed E-state index contributed by atoms with van der Waals surface area (Å²) in [5.74, 6) is 1.28. The predicted octanol–water partition coefficient (Wildman–Crippen LogP) is 3.86. The summed E-state index contributed by atoms with van der Waals surface area (Å²) in [6.45, 7) is 1.19. The molecule has 0 radical (unpaired) electrons. The first kappa shape index (κ1) is 19.0. The molecule has 0 unspecified atom stereocenters. The SMILES string of the molecule is O=C(Oc1ccccc1)N1CCC(Oc2cnc3c(ccn3-c3cncnc3)c2)CC1. The summed E-state index contributed by atoms with van der Waals surface area (Å²) in [4.78, 5) is 26.8. The van der Waals surface area contributed by atoms with Gasteiger partial charge in [-0.2, -0.15) is 0 Å². The molecule has 1 aromatic carbocycles. The first-order valence-corrected chi connectivity index (χ1v) is 10.2. The van der Waals surface area contributed by atoms with Crippen LogP contribution in [0.3, 0.4) is 0 Å². The van der Waals surface area contributed by atoms with Crippen LogP contribution in [0.15, 0.2) is 73.6 Å². The molecule has 1 fully saturated rings. The molecule has 1 saturated heterocycles. The second kappa shape index (κ2) is 8.43. The van der Waals surface area contributed by atoms with E-state index in [2.05, 4.69) is 15.0 Å². The third-order valence-corrected chi connectivity index (χ3v) is 5.28. The number of fused-ring (bicyclic) bond motifs is 1. The number of aromatic nitrogens is 4. The minimum absolute atomic E-state index is 0.0321. The van der Waals surface area contributed by atoms with E-state index >= 15 is 0 Å². The maximum absolute atomic E-state index is 12.3. The maximum atomic E-state index is 12.3. The van der Waals surface area contributed by atoms with Crippen LogP contribution >= 0.6 is 0 Å². The molecule has 0 spiro atoms. The van der Waals surface area contributed by atoms with Crippen LogP contribution in [0.2, 0.25) is 0 Å². The van der Waals surface area contributed by atoms with E-state index in [4.69, 9.17) is 9.47 Å². The molecule has 0 N–H and O–H groups in total. The number of hydrogen-bond acceptors (Lipinski definition) is 6. The molecule has 0 saturated carbocycles. The number of carbonyl (C=O) groups excluding carboxylic acids is 1. The Morgan fingerprint density at radius 1 is 0.968 bits per heavy atom. The normalized spacial score (nSPS) is 14.5. The van der Waals surface area contributed by atoms with Gasteiger partial charge in [0.25, 0.3) is 0 Å². The van der Waals surface area contributed by atoms with Crippen LogP contribution in [-0.4, -0.2) is 49.7 Å². The molecule has 156 valence electrons. The highest BCUT2D eigenvalue weighted by molar-refractivity contribution is 5.79. The molecule has 4 aromatic rings. The second-order valence-corrected chi connectivity index (χ2v) is 7.35. The molecule has 8 nitrogen and oxygen atoms in total. The molecule has 1 aliphatic heterocycles. The van der Waals surface area contributed by atoms with E-state index < -0.39 is 0 Å². The zero-order valence-corrected chi connectivity index (χ0v) is 16.8. The van der Waals surface area contributed by atoms with Crippen molar-refractivity contribution >= 4 is 17.1 Å². The summed E-state index contributed by atoms with van der Waals surface area (Å²) >= 11 is 0. The van der Waals surface area contributed by atoms with Gasteiger partial charge in [0.2, 0.25) is 0 Å². The number of rotatable bonds is 4. The van der Waals surface area contributed by atoms with Crippen LogP contribution in [0.5, 0.6) is 11.5 Å². The highest BCUT2D eigenvalue weighted by atomic mass is 16.6. The van der Waals surface area contributed by atoms with Gasteiger partial charge in [-0.25, -0.2) is 19.7 Å². The van der Waals surface area contributed by atoms with Crippen LogP contribution in [-0.2, 0) is 0 Å². The number of piperidine rings is 1. The Morgan fingerprint density at radius 3 is 2.52 bits per heavy atom. The Morgan fingerprint density at radius 2 is 1.74 bits per heavy atom. The Hall–Kier alpha value is -3.94. The van der Waals surface area contributed by atoms with Crippen LogP contribution < -0.4 is 9.47 Å². The van der Waals surface area contributed by atoms with Gasteiger partial charge in [-0.05, 0) is 24.3 Å². The summed E-state index contributed by atoms with van der Waals surface area (Å²) in [6, 6.07) is 13.1. The van der Waals surface area contributed by atoms with Crippen molar-refractivity contribution in [1.82, 2.24) is 24.4 Å². The van der Waals surface area contributed by atoms with Gasteiger partial charge < -0.3 is 14.4 Å². The highest BCUT2D eigenvalue weighted by Crippen LogP contribution is 2.25. The first-order valence-electron chi connectivity index (χ1n) is 10.2. The van der Waals surface area contributed by atoms with E-state index in [1.54, 1.807) is 35.6 Å². The van der Waals surface area contributed by atoms with Gasteiger partial charge in [0, 0.05) is 37.5 Å². The standard InChI is InChI=1S/C23H21N5O3/c29-23(31-19-4-2-1-3-5-19)27-9-7-20(8-10-27)30-21-12-17-6-11-28(22(17)26-15-21)18-13-24-16-25-14-18/h1-6,11-16,20H,7-10H2. The summed E-state index contributed by atoms with van der Waals surface area (Å²) in [5, 5.41) is 0.977. The number of pyridine rings is 1. The minimum atomic E-state index is -0.320. The Labute approximate surface area is 179 Å². The molecular formula is C23H21N5O3. The number of para-hydroxylation sites is 1. The summed E-state index contributed by atoms with van der Waals surface area (Å²) < 4.78 is 13.5. The van der Waals surface area contributed by atoms with Gasteiger partial charge in [0.15, 0.2) is 0 Å². The van der Waals surface area contributed by atoms with Gasteiger partial charge in [-0.1, -0.05) is 18.2 Å². The number of hydrogen-bond donors (Lipinski definition) is 0. The number of benzene rings is 1. The number of ether oxygens (including phenoxy) is 2. The van der Waals surface area contributed by atoms with Gasteiger partial charge >= 0.3 is 6.09 Å². The molecule has 5 rings (SSSR count). The lowest BCUT2D eigenvalue weighted by atomic mass is 10.1. The smallest absolute Gasteiger partial charge is 0.415 e. The van der Waals surface area contributed by atoms with Crippen molar-refractivity contribution < 1.29 is 14.3 Å². The summed E-state index contributed by atoms with van der Waals surface area (Å²) in [6.07, 6.45) is 9.86. The Balaban J connectivity index is 1.20. The number of carbonyl (C=O) groups is 1. The predicted molar refractivity (Wildman–Crippen MR) is 114 cm³/mol. The van der Waals surface area contributed by atoms with E-state index in [9.17, 15) is 4.79 Å². The van der Waals surface area contributed by atoms with Crippen LogP contribution in [0.1, 0.15) is 12.8 Å². The lowest BCUT2D eigenvalue weighted by Crippen LogP contribution is -2.43. The molecule has 8 heteroatoms. The van der Waals surface area contributed by atoms with E-state index in [0.717, 1.165) is 35.3 Å². The van der Waals surface area contributed by atoms with Crippen molar-refractivity contribution in [2.45, 2.75) is 18.9 Å². The molecule has 0 bridgehead atoms. The van der Waals surface area contributed by atoms with E-state index in [1.165, 1.54) is 6.33 Å². The lowest BCUT2D eigenvalue weighted by Gasteiger charge is -2.31. The van der Waals surface area contributed by atoms with E-state index in [1.807, 2.05) is 41.1 Å². The zero-order chi connectivity index (χ0) is 21.0. The van der Waals surface area contributed by atoms with Gasteiger partial charge in [-0.3, -0.25) is 4.57 Å². The summed E-state index contributed by atoms with van der Waals surface area (Å²) in [5.41, 5.74) is 1.68. The van der Waals surface area contributed by atoms with Gasteiger partial charge in [-0.15, -0.1) is 0 Å². The Bertz CT molecular complexity index is 1170. The van der Waals surface area contributed by atoms with Crippen molar-refractivity contribution in [2.24, 2.45) is 0 Å². The van der Waals surface area contributed by atoms with E-state index in [0.29, 0.717) is 18.8 Å². The zero-order valence-electron chi connectivity index (χ0n) is 16.8. The average Bonchev–Trinajstić information content (AvgIpc) is 3.24. The average molecular weight is 415 g/mol.